The molecule has 0 saturated carbocycles. The van der Waals surface area contributed by atoms with Gasteiger partial charge in [0.1, 0.15) is 0 Å². The fourth-order valence-electron chi connectivity index (χ4n) is 3.78. The van der Waals surface area contributed by atoms with Gasteiger partial charge in [0.15, 0.2) is 15.6 Å². The Labute approximate surface area is 137 Å². The molecule has 0 radical (unpaired) electrons. The Bertz CT molecular complexity index is 534. The van der Waals surface area contributed by atoms with Crippen molar-refractivity contribution in [2.24, 2.45) is 0 Å². The minimum absolute atomic E-state index is 0.0267. The van der Waals surface area contributed by atoms with Gasteiger partial charge in [-0.3, -0.25) is 9.69 Å². The van der Waals surface area contributed by atoms with Crippen molar-refractivity contribution in [3.8, 4) is 0 Å². The highest BCUT2D eigenvalue weighted by Gasteiger charge is 2.40. The highest BCUT2D eigenvalue weighted by molar-refractivity contribution is 7.91. The Hall–Kier alpha value is -0.700. The summed E-state index contributed by atoms with van der Waals surface area (Å²) in [6.07, 6.45) is 2.13. The van der Waals surface area contributed by atoms with Gasteiger partial charge in [0.2, 0.25) is 5.91 Å². The topological polar surface area (TPSA) is 76.2 Å². The van der Waals surface area contributed by atoms with Gasteiger partial charge in [-0.2, -0.15) is 0 Å². The lowest BCUT2D eigenvalue weighted by Crippen LogP contribution is -2.50. The minimum atomic E-state index is -2.97. The van der Waals surface area contributed by atoms with Crippen molar-refractivity contribution in [3.63, 3.8) is 0 Å². The Morgan fingerprint density at radius 1 is 1.26 bits per heavy atom. The molecule has 23 heavy (non-hydrogen) atoms. The summed E-state index contributed by atoms with van der Waals surface area (Å²) in [6, 6.07) is -0.157. The highest BCUT2D eigenvalue weighted by atomic mass is 32.2. The summed E-state index contributed by atoms with van der Waals surface area (Å²) in [5, 5.41) is 0. The van der Waals surface area contributed by atoms with E-state index in [9.17, 15) is 13.2 Å². The first kappa shape index (κ1) is 17.1. The number of nitrogens with zero attached hydrogens (tertiary/aromatic N) is 2. The molecule has 3 saturated heterocycles. The van der Waals surface area contributed by atoms with Crippen LogP contribution < -0.4 is 0 Å². The Morgan fingerprint density at radius 2 is 1.91 bits per heavy atom. The van der Waals surface area contributed by atoms with E-state index < -0.39 is 15.6 Å². The molecule has 132 valence electrons. The summed E-state index contributed by atoms with van der Waals surface area (Å²) < 4.78 is 34.7. The number of ether oxygens (including phenoxy) is 2. The van der Waals surface area contributed by atoms with Crippen LogP contribution in [0.3, 0.4) is 0 Å². The maximum Gasteiger partial charge on any atom is 0.237 e. The van der Waals surface area contributed by atoms with Crippen molar-refractivity contribution in [1.82, 2.24) is 9.80 Å². The molecule has 1 unspecified atom stereocenters. The van der Waals surface area contributed by atoms with Crippen molar-refractivity contribution in [1.29, 1.82) is 0 Å². The summed E-state index contributed by atoms with van der Waals surface area (Å²) in [7, 11) is -2.97. The number of carbonyl (C=O) groups is 1. The van der Waals surface area contributed by atoms with Crippen molar-refractivity contribution in [3.05, 3.63) is 0 Å². The van der Waals surface area contributed by atoms with Gasteiger partial charge in [-0.25, -0.2) is 8.42 Å². The van der Waals surface area contributed by atoms with Crippen molar-refractivity contribution in [2.45, 2.75) is 38.0 Å². The highest BCUT2D eigenvalue weighted by Crippen LogP contribution is 2.31. The van der Waals surface area contributed by atoms with Crippen LogP contribution in [0.1, 0.15) is 26.2 Å². The van der Waals surface area contributed by atoms with E-state index in [1.165, 1.54) is 0 Å². The molecular weight excluding hydrogens is 320 g/mol. The number of sulfone groups is 1. The van der Waals surface area contributed by atoms with Crippen LogP contribution in [0.4, 0.5) is 0 Å². The van der Waals surface area contributed by atoms with Gasteiger partial charge in [0.05, 0.1) is 31.3 Å². The number of hydrogen-bond acceptors (Lipinski definition) is 6. The Morgan fingerprint density at radius 3 is 2.43 bits per heavy atom. The molecule has 3 rings (SSSR count). The molecular formula is C15H26N2O5S. The summed E-state index contributed by atoms with van der Waals surface area (Å²) >= 11 is 0. The van der Waals surface area contributed by atoms with Crippen LogP contribution >= 0.6 is 0 Å². The fourth-order valence-corrected chi connectivity index (χ4v) is 5.51. The van der Waals surface area contributed by atoms with E-state index in [4.69, 9.17) is 9.47 Å². The van der Waals surface area contributed by atoms with Crippen molar-refractivity contribution in [2.75, 3.05) is 50.9 Å². The first-order chi connectivity index (χ1) is 10.9. The zero-order chi connectivity index (χ0) is 16.5. The molecule has 0 N–H and O–H groups in total. The lowest BCUT2D eigenvalue weighted by atomic mass is 10.0. The number of carbonyl (C=O) groups excluding carboxylic acids is 1. The molecule has 1 atom stereocenters. The monoisotopic (exact) mass is 346 g/mol. The summed E-state index contributed by atoms with van der Waals surface area (Å²) in [6.45, 7) is 5.66. The standard InChI is InChI=1S/C15H26N2O5S/c1-2-17(13-3-10-23(19,20)12-13)14(18)11-16-6-4-15(5-7-16)21-8-9-22-15/h13H,2-12H2,1H3. The lowest BCUT2D eigenvalue weighted by Gasteiger charge is -2.38. The molecule has 3 fully saturated rings. The van der Waals surface area contributed by atoms with Crippen LogP contribution in [0, 0.1) is 0 Å². The molecule has 3 aliphatic rings. The van der Waals surface area contributed by atoms with E-state index in [-0.39, 0.29) is 23.5 Å². The van der Waals surface area contributed by atoms with E-state index in [0.717, 1.165) is 25.9 Å². The van der Waals surface area contributed by atoms with Crippen LogP contribution in [-0.2, 0) is 24.1 Å². The minimum Gasteiger partial charge on any atom is -0.347 e. The SMILES string of the molecule is CCN(C(=O)CN1CCC2(CC1)OCCO2)C1CCS(=O)(=O)C1. The first-order valence-electron chi connectivity index (χ1n) is 8.43. The molecule has 0 aromatic rings. The number of hydrogen-bond donors (Lipinski definition) is 0. The second-order valence-corrected chi connectivity index (χ2v) is 8.85. The summed E-state index contributed by atoms with van der Waals surface area (Å²) in [4.78, 5) is 16.4. The Balaban J connectivity index is 1.52. The summed E-state index contributed by atoms with van der Waals surface area (Å²) in [5.74, 6) is -0.0951. The fraction of sp³-hybridized carbons (Fsp3) is 0.933. The average molecular weight is 346 g/mol. The molecule has 0 aliphatic carbocycles. The third-order valence-electron chi connectivity index (χ3n) is 5.10. The first-order valence-corrected chi connectivity index (χ1v) is 10.3. The van der Waals surface area contributed by atoms with E-state index in [1.807, 2.05) is 6.92 Å². The van der Waals surface area contributed by atoms with Gasteiger partial charge in [0, 0.05) is 38.5 Å². The van der Waals surface area contributed by atoms with E-state index in [0.29, 0.717) is 32.7 Å². The summed E-state index contributed by atoms with van der Waals surface area (Å²) in [5.41, 5.74) is 0. The third kappa shape index (κ3) is 3.87. The molecule has 3 aliphatic heterocycles. The van der Waals surface area contributed by atoms with E-state index in [2.05, 4.69) is 4.90 Å². The smallest absolute Gasteiger partial charge is 0.237 e. The molecule has 7 nitrogen and oxygen atoms in total. The predicted molar refractivity (Wildman–Crippen MR) is 84.8 cm³/mol. The van der Waals surface area contributed by atoms with Gasteiger partial charge >= 0.3 is 0 Å². The van der Waals surface area contributed by atoms with Crippen molar-refractivity contribution < 1.29 is 22.7 Å². The molecule has 3 heterocycles. The van der Waals surface area contributed by atoms with Gasteiger partial charge in [-0.05, 0) is 13.3 Å². The van der Waals surface area contributed by atoms with E-state index >= 15 is 0 Å². The second kappa shape index (κ2) is 6.66. The predicted octanol–water partition coefficient (Wildman–Crippen LogP) is -0.139. The number of rotatable bonds is 4. The van der Waals surface area contributed by atoms with Crippen molar-refractivity contribution >= 4 is 15.7 Å². The molecule has 1 amide bonds. The van der Waals surface area contributed by atoms with Crippen LogP contribution in [0.5, 0.6) is 0 Å². The largest absolute Gasteiger partial charge is 0.347 e. The van der Waals surface area contributed by atoms with Gasteiger partial charge in [0.25, 0.3) is 0 Å². The second-order valence-electron chi connectivity index (χ2n) is 6.62. The zero-order valence-electron chi connectivity index (χ0n) is 13.7. The lowest BCUT2D eigenvalue weighted by molar-refractivity contribution is -0.186. The molecule has 8 heteroatoms. The molecule has 0 aromatic carbocycles. The molecule has 0 aromatic heterocycles. The quantitative estimate of drug-likeness (QED) is 0.705. The third-order valence-corrected chi connectivity index (χ3v) is 6.85. The number of amides is 1. The van der Waals surface area contributed by atoms with Crippen LogP contribution in [-0.4, -0.2) is 86.9 Å². The van der Waals surface area contributed by atoms with Gasteiger partial charge in [-0.1, -0.05) is 0 Å². The maximum absolute atomic E-state index is 12.6. The van der Waals surface area contributed by atoms with Crippen LogP contribution in [0.25, 0.3) is 0 Å². The van der Waals surface area contributed by atoms with Gasteiger partial charge in [-0.15, -0.1) is 0 Å². The Kier molecular flexibility index (Phi) is 4.96. The van der Waals surface area contributed by atoms with Crippen LogP contribution in [0.2, 0.25) is 0 Å². The van der Waals surface area contributed by atoms with Gasteiger partial charge < -0.3 is 14.4 Å². The normalized spacial score (nSPS) is 29.9. The number of likely N-dealkylation sites (tertiary alicyclic amines) is 1. The zero-order valence-corrected chi connectivity index (χ0v) is 14.5. The maximum atomic E-state index is 12.6. The molecule has 0 bridgehead atoms. The number of likely N-dealkylation sites (N-methyl/N-ethyl adjacent to an activating group) is 1. The molecule has 1 spiro atoms. The number of piperidine rings is 1. The van der Waals surface area contributed by atoms with E-state index in [1.54, 1.807) is 4.90 Å². The van der Waals surface area contributed by atoms with Crippen LogP contribution in [0.15, 0.2) is 0 Å². The average Bonchev–Trinajstić information content (AvgIpc) is 3.10.